The first-order valence-corrected chi connectivity index (χ1v) is 6.82. The van der Waals surface area contributed by atoms with Crippen LogP contribution in [-0.2, 0) is 0 Å². The van der Waals surface area contributed by atoms with Gasteiger partial charge in [-0.15, -0.1) is 0 Å². The minimum absolute atomic E-state index is 0.736. The van der Waals surface area contributed by atoms with Gasteiger partial charge in [-0.3, -0.25) is 0 Å². The third-order valence-corrected chi connectivity index (χ3v) is 3.68. The molecule has 19 heavy (non-hydrogen) atoms. The largest absolute Gasteiger partial charge is 0.318 e. The Morgan fingerprint density at radius 3 is 2.42 bits per heavy atom. The van der Waals surface area contributed by atoms with Crippen molar-refractivity contribution in [3.05, 3.63) is 42.0 Å². The van der Waals surface area contributed by atoms with Crippen LogP contribution in [0, 0.1) is 11.3 Å². The van der Waals surface area contributed by atoms with Gasteiger partial charge in [0, 0.05) is 23.9 Å². The average Bonchev–Trinajstić information content (AvgIpc) is 2.49. The van der Waals surface area contributed by atoms with Gasteiger partial charge in [0.05, 0.1) is 17.3 Å². The molecule has 1 fully saturated rings. The summed E-state index contributed by atoms with van der Waals surface area (Å²) in [4.78, 5) is 0. The van der Waals surface area contributed by atoms with Gasteiger partial charge >= 0.3 is 0 Å². The normalized spacial score (nSPS) is 16.2. The molecule has 2 aromatic rings. The quantitative estimate of drug-likeness (QED) is 0.887. The van der Waals surface area contributed by atoms with E-state index in [0.717, 1.165) is 35.1 Å². The summed E-state index contributed by atoms with van der Waals surface area (Å²) in [6, 6.07) is 14.2. The van der Waals surface area contributed by atoms with Crippen molar-refractivity contribution in [3.63, 3.8) is 0 Å². The smallest absolute Gasteiger partial charge is 0.0998 e. The summed E-state index contributed by atoms with van der Waals surface area (Å²) in [6.45, 7) is 2.18. The number of fused-ring (bicyclic) bond motifs is 1. The van der Waals surface area contributed by atoms with Crippen LogP contribution in [0.1, 0.15) is 24.8 Å². The predicted octanol–water partition coefficient (Wildman–Crippen LogP) is 3.52. The van der Waals surface area contributed by atoms with Crippen LogP contribution in [0.15, 0.2) is 36.4 Å². The van der Waals surface area contributed by atoms with Gasteiger partial charge < -0.3 is 5.43 Å². The zero-order chi connectivity index (χ0) is 13.1. The lowest BCUT2D eigenvalue weighted by molar-refractivity contribution is 0.273. The maximum absolute atomic E-state index is 9.17. The number of piperidine rings is 1. The molecule has 3 rings (SSSR count). The molecule has 3 heteroatoms. The molecular formula is C16H17N3. The van der Waals surface area contributed by atoms with Crippen molar-refractivity contribution in [3.8, 4) is 6.07 Å². The highest BCUT2D eigenvalue weighted by molar-refractivity contribution is 5.97. The first-order valence-electron chi connectivity index (χ1n) is 6.82. The fourth-order valence-corrected chi connectivity index (χ4v) is 2.67. The van der Waals surface area contributed by atoms with Crippen molar-refractivity contribution < 1.29 is 0 Å². The standard InChI is InChI=1S/C16H17N3/c17-12-13-8-9-16(15-7-3-2-6-14(13)15)18-19-10-4-1-5-11-19/h2-3,6-9,18H,1,4-5,10-11H2. The third-order valence-electron chi connectivity index (χ3n) is 3.68. The van der Waals surface area contributed by atoms with Crippen LogP contribution in [0.3, 0.4) is 0 Å². The molecule has 1 aliphatic heterocycles. The van der Waals surface area contributed by atoms with Crippen LogP contribution in [-0.4, -0.2) is 18.1 Å². The monoisotopic (exact) mass is 251 g/mol. The van der Waals surface area contributed by atoms with Crippen molar-refractivity contribution in [2.45, 2.75) is 19.3 Å². The van der Waals surface area contributed by atoms with Crippen LogP contribution in [0.25, 0.3) is 10.8 Å². The SMILES string of the molecule is N#Cc1ccc(NN2CCCCC2)c2ccccc12. The molecule has 1 aliphatic rings. The molecule has 3 nitrogen and oxygen atoms in total. The van der Waals surface area contributed by atoms with Crippen molar-refractivity contribution in [1.82, 2.24) is 5.01 Å². The fraction of sp³-hybridized carbons (Fsp3) is 0.312. The molecule has 0 atom stereocenters. The van der Waals surface area contributed by atoms with Gasteiger partial charge in [-0.25, -0.2) is 5.01 Å². The molecule has 1 saturated heterocycles. The lowest BCUT2D eigenvalue weighted by Gasteiger charge is -2.28. The van der Waals surface area contributed by atoms with Gasteiger partial charge in [0.25, 0.3) is 0 Å². The second kappa shape index (κ2) is 5.29. The second-order valence-electron chi connectivity index (χ2n) is 4.98. The number of hydrazine groups is 1. The number of benzene rings is 2. The molecule has 0 amide bonds. The fourth-order valence-electron chi connectivity index (χ4n) is 2.67. The first kappa shape index (κ1) is 12.0. The zero-order valence-electron chi connectivity index (χ0n) is 10.9. The van der Waals surface area contributed by atoms with Gasteiger partial charge in [0.2, 0.25) is 0 Å². The Morgan fingerprint density at radius 2 is 1.68 bits per heavy atom. The summed E-state index contributed by atoms with van der Waals surface area (Å²) < 4.78 is 0. The van der Waals surface area contributed by atoms with Crippen LogP contribution < -0.4 is 5.43 Å². The van der Waals surface area contributed by atoms with Crippen LogP contribution in [0.2, 0.25) is 0 Å². The number of nitrogens with one attached hydrogen (secondary N) is 1. The highest BCUT2D eigenvalue weighted by atomic mass is 15.5. The molecule has 1 heterocycles. The highest BCUT2D eigenvalue weighted by Crippen LogP contribution is 2.27. The molecule has 2 aromatic carbocycles. The summed E-state index contributed by atoms with van der Waals surface area (Å²) in [6.07, 6.45) is 3.83. The van der Waals surface area contributed by atoms with Crippen LogP contribution in [0.4, 0.5) is 5.69 Å². The summed E-state index contributed by atoms with van der Waals surface area (Å²) in [7, 11) is 0. The van der Waals surface area contributed by atoms with E-state index in [9.17, 15) is 0 Å². The summed E-state index contributed by atoms with van der Waals surface area (Å²) >= 11 is 0. The van der Waals surface area contributed by atoms with Gasteiger partial charge in [-0.2, -0.15) is 5.26 Å². The minimum atomic E-state index is 0.736. The molecule has 0 saturated carbocycles. The van der Waals surface area contributed by atoms with Crippen LogP contribution >= 0.6 is 0 Å². The Kier molecular flexibility index (Phi) is 3.35. The Bertz CT molecular complexity index is 621. The van der Waals surface area contributed by atoms with E-state index in [-0.39, 0.29) is 0 Å². The molecule has 0 aliphatic carbocycles. The van der Waals surface area contributed by atoms with Gasteiger partial charge in [0.15, 0.2) is 0 Å². The van der Waals surface area contributed by atoms with E-state index in [4.69, 9.17) is 5.26 Å². The molecule has 0 radical (unpaired) electrons. The molecule has 0 spiro atoms. The Labute approximate surface area is 113 Å². The highest BCUT2D eigenvalue weighted by Gasteiger charge is 2.12. The van der Waals surface area contributed by atoms with E-state index in [1.165, 1.54) is 19.3 Å². The topological polar surface area (TPSA) is 39.1 Å². The van der Waals surface area contributed by atoms with E-state index < -0.39 is 0 Å². The average molecular weight is 251 g/mol. The first-order chi connectivity index (χ1) is 9.38. The number of hydrogen-bond donors (Lipinski definition) is 1. The van der Waals surface area contributed by atoms with Gasteiger partial charge in [-0.1, -0.05) is 30.7 Å². The number of anilines is 1. The zero-order valence-corrected chi connectivity index (χ0v) is 10.9. The van der Waals surface area contributed by atoms with Crippen LogP contribution in [0.5, 0.6) is 0 Å². The maximum atomic E-state index is 9.17. The predicted molar refractivity (Wildman–Crippen MR) is 77.7 cm³/mol. The Balaban J connectivity index is 1.97. The Morgan fingerprint density at radius 1 is 0.947 bits per heavy atom. The Hall–Kier alpha value is -2.05. The molecule has 96 valence electrons. The van der Waals surface area contributed by atoms with Crippen molar-refractivity contribution in [1.29, 1.82) is 5.26 Å². The van der Waals surface area contributed by atoms with E-state index in [0.29, 0.717) is 0 Å². The molecule has 0 unspecified atom stereocenters. The van der Waals surface area contributed by atoms with E-state index in [1.807, 2.05) is 30.3 Å². The lowest BCUT2D eigenvalue weighted by atomic mass is 10.0. The lowest BCUT2D eigenvalue weighted by Crippen LogP contribution is -2.34. The van der Waals surface area contributed by atoms with E-state index >= 15 is 0 Å². The van der Waals surface area contributed by atoms with Gasteiger partial charge in [-0.05, 0) is 25.0 Å². The van der Waals surface area contributed by atoms with Gasteiger partial charge in [0.1, 0.15) is 0 Å². The number of rotatable bonds is 2. The van der Waals surface area contributed by atoms with Crippen molar-refractivity contribution in [2.75, 3.05) is 18.5 Å². The third kappa shape index (κ3) is 2.40. The van der Waals surface area contributed by atoms with E-state index in [1.54, 1.807) is 0 Å². The molecular weight excluding hydrogens is 234 g/mol. The molecule has 1 N–H and O–H groups in total. The minimum Gasteiger partial charge on any atom is -0.318 e. The van der Waals surface area contributed by atoms with Crippen molar-refractivity contribution in [2.24, 2.45) is 0 Å². The second-order valence-corrected chi connectivity index (χ2v) is 4.98. The maximum Gasteiger partial charge on any atom is 0.0998 e. The van der Waals surface area contributed by atoms with Crippen molar-refractivity contribution >= 4 is 16.5 Å². The number of nitriles is 1. The molecule has 0 bridgehead atoms. The summed E-state index contributed by atoms with van der Waals surface area (Å²) in [5.74, 6) is 0. The number of hydrogen-bond acceptors (Lipinski definition) is 3. The summed E-state index contributed by atoms with van der Waals surface area (Å²) in [5, 5.41) is 13.6. The summed E-state index contributed by atoms with van der Waals surface area (Å²) in [5.41, 5.74) is 5.33. The van der Waals surface area contributed by atoms with E-state index in [2.05, 4.69) is 22.6 Å². The number of nitrogens with zero attached hydrogens (tertiary/aromatic N) is 2. The molecule has 0 aromatic heterocycles.